The molecule has 0 aromatic heterocycles. The van der Waals surface area contributed by atoms with E-state index in [0.717, 1.165) is 17.2 Å². The first-order chi connectivity index (χ1) is 3.75. The Hall–Kier alpha value is 0.220. The first-order valence-corrected chi connectivity index (χ1v) is 4.11. The molecule has 0 amide bonds. The van der Waals surface area contributed by atoms with Crippen LogP contribution < -0.4 is 0 Å². The molecule has 0 N–H and O–H groups in total. The molecule has 8 heavy (non-hydrogen) atoms. The minimum absolute atomic E-state index is 0.842. The molecular weight excluding hydrogens is 164 g/mol. The predicted molar refractivity (Wildman–Crippen MR) is 40.2 cm³/mol. The molecule has 1 rings (SSSR count). The molecule has 1 heteroatoms. The topological polar surface area (TPSA) is 0 Å². The van der Waals surface area contributed by atoms with Gasteiger partial charge in [-0.2, -0.15) is 0 Å². The molecule has 1 aliphatic carbocycles. The SMILES string of the molecule is C=C(CBr)C1CC1C. The van der Waals surface area contributed by atoms with Crippen molar-refractivity contribution in [3.05, 3.63) is 12.2 Å². The molecule has 2 unspecified atom stereocenters. The Morgan fingerprint density at radius 1 is 1.88 bits per heavy atom. The normalized spacial score (nSPS) is 34.8. The van der Waals surface area contributed by atoms with Crippen molar-refractivity contribution in [2.75, 3.05) is 5.33 Å². The average Bonchev–Trinajstić information content (AvgIpc) is 2.45. The summed E-state index contributed by atoms with van der Waals surface area (Å²) in [5.74, 6) is 1.76. The second-order valence-electron chi connectivity index (χ2n) is 2.61. The van der Waals surface area contributed by atoms with Gasteiger partial charge in [-0.05, 0) is 18.3 Å². The Bertz CT molecular complexity index is 107. The van der Waals surface area contributed by atoms with Gasteiger partial charge in [-0.15, -0.1) is 0 Å². The molecule has 0 aliphatic heterocycles. The van der Waals surface area contributed by atoms with Crippen LogP contribution in [0.3, 0.4) is 0 Å². The fourth-order valence-corrected chi connectivity index (χ4v) is 1.41. The lowest BCUT2D eigenvalue weighted by Crippen LogP contribution is -1.84. The molecule has 2 atom stereocenters. The summed E-state index contributed by atoms with van der Waals surface area (Å²) in [6.07, 6.45) is 1.37. The smallest absolute Gasteiger partial charge is 0.0242 e. The summed E-state index contributed by atoms with van der Waals surface area (Å²) in [6.45, 7) is 6.22. The molecule has 46 valence electrons. The molecule has 1 aliphatic rings. The van der Waals surface area contributed by atoms with Gasteiger partial charge in [0.1, 0.15) is 0 Å². The number of alkyl halides is 1. The Morgan fingerprint density at radius 3 is 2.50 bits per heavy atom. The highest BCUT2D eigenvalue weighted by molar-refractivity contribution is 9.09. The average molecular weight is 175 g/mol. The van der Waals surface area contributed by atoms with Crippen LogP contribution in [0.2, 0.25) is 0 Å². The van der Waals surface area contributed by atoms with Gasteiger partial charge in [-0.3, -0.25) is 0 Å². The van der Waals surface area contributed by atoms with E-state index < -0.39 is 0 Å². The second kappa shape index (κ2) is 2.22. The maximum atomic E-state index is 3.94. The van der Waals surface area contributed by atoms with E-state index in [1.54, 1.807) is 0 Å². The fraction of sp³-hybridized carbons (Fsp3) is 0.714. The molecule has 0 aromatic rings. The Balaban J connectivity index is 2.28. The van der Waals surface area contributed by atoms with Crippen molar-refractivity contribution in [3.63, 3.8) is 0 Å². The molecular formula is C7H11Br. The van der Waals surface area contributed by atoms with Gasteiger partial charge in [0.2, 0.25) is 0 Å². The van der Waals surface area contributed by atoms with Crippen LogP contribution in [0.4, 0.5) is 0 Å². The first-order valence-electron chi connectivity index (χ1n) is 2.99. The van der Waals surface area contributed by atoms with E-state index in [0.29, 0.717) is 0 Å². The maximum Gasteiger partial charge on any atom is 0.0242 e. The summed E-state index contributed by atoms with van der Waals surface area (Å²) in [4.78, 5) is 0. The van der Waals surface area contributed by atoms with E-state index in [9.17, 15) is 0 Å². The Kier molecular flexibility index (Phi) is 1.76. The van der Waals surface area contributed by atoms with Crippen molar-refractivity contribution >= 4 is 15.9 Å². The fourth-order valence-electron chi connectivity index (χ4n) is 0.990. The lowest BCUT2D eigenvalue weighted by atomic mass is 10.2. The van der Waals surface area contributed by atoms with Crippen molar-refractivity contribution < 1.29 is 0 Å². The minimum Gasteiger partial charge on any atom is -0.0987 e. The molecule has 0 radical (unpaired) electrons. The zero-order valence-corrected chi connectivity index (χ0v) is 6.74. The molecule has 1 saturated carbocycles. The van der Waals surface area contributed by atoms with Crippen LogP contribution in [-0.2, 0) is 0 Å². The summed E-state index contributed by atoms with van der Waals surface area (Å²) < 4.78 is 0. The van der Waals surface area contributed by atoms with Crippen molar-refractivity contribution in [3.8, 4) is 0 Å². The largest absolute Gasteiger partial charge is 0.0987 e. The third-order valence-corrected chi connectivity index (χ3v) is 2.53. The summed E-state index contributed by atoms with van der Waals surface area (Å²) in [5, 5.41) is 0.988. The lowest BCUT2D eigenvalue weighted by Gasteiger charge is -1.93. The highest BCUT2D eigenvalue weighted by Gasteiger charge is 2.33. The number of rotatable bonds is 2. The van der Waals surface area contributed by atoms with Gasteiger partial charge in [0.05, 0.1) is 0 Å². The quantitative estimate of drug-likeness (QED) is 0.447. The standard InChI is InChI=1S/C7H11Br/c1-5-3-7(5)6(2)4-8/h5,7H,2-4H2,1H3. The van der Waals surface area contributed by atoms with E-state index in [1.165, 1.54) is 12.0 Å². The molecule has 0 bridgehead atoms. The Labute approximate surface area is 59.1 Å². The maximum absolute atomic E-state index is 3.94. The van der Waals surface area contributed by atoms with Gasteiger partial charge in [-0.1, -0.05) is 35.0 Å². The zero-order chi connectivity index (χ0) is 6.15. The predicted octanol–water partition coefficient (Wildman–Crippen LogP) is 2.59. The Morgan fingerprint density at radius 2 is 2.38 bits per heavy atom. The summed E-state index contributed by atoms with van der Waals surface area (Å²) in [6, 6.07) is 0. The summed E-state index contributed by atoms with van der Waals surface area (Å²) in [7, 11) is 0. The van der Waals surface area contributed by atoms with Crippen LogP contribution in [0.1, 0.15) is 13.3 Å². The van der Waals surface area contributed by atoms with Crippen LogP contribution >= 0.6 is 15.9 Å². The van der Waals surface area contributed by atoms with Crippen molar-refractivity contribution in [2.24, 2.45) is 11.8 Å². The number of halogens is 1. The molecule has 0 aromatic carbocycles. The van der Waals surface area contributed by atoms with Crippen molar-refractivity contribution in [1.29, 1.82) is 0 Å². The monoisotopic (exact) mass is 174 g/mol. The third kappa shape index (κ3) is 1.13. The number of hydrogen-bond acceptors (Lipinski definition) is 0. The van der Waals surface area contributed by atoms with Crippen LogP contribution in [0, 0.1) is 11.8 Å². The molecule has 0 spiro atoms. The summed E-state index contributed by atoms with van der Waals surface area (Å²) >= 11 is 3.38. The minimum atomic E-state index is 0.842. The second-order valence-corrected chi connectivity index (χ2v) is 3.17. The lowest BCUT2D eigenvalue weighted by molar-refractivity contribution is 0.863. The van der Waals surface area contributed by atoms with E-state index in [4.69, 9.17) is 0 Å². The van der Waals surface area contributed by atoms with E-state index >= 15 is 0 Å². The molecule has 0 saturated heterocycles. The first kappa shape index (κ1) is 6.34. The van der Waals surface area contributed by atoms with Gasteiger partial charge in [0, 0.05) is 5.33 Å². The van der Waals surface area contributed by atoms with Gasteiger partial charge < -0.3 is 0 Å². The van der Waals surface area contributed by atoms with Crippen LogP contribution in [0.25, 0.3) is 0 Å². The van der Waals surface area contributed by atoms with Gasteiger partial charge in [0.15, 0.2) is 0 Å². The zero-order valence-electron chi connectivity index (χ0n) is 5.15. The van der Waals surface area contributed by atoms with Crippen LogP contribution in [-0.4, -0.2) is 5.33 Å². The molecule has 0 heterocycles. The van der Waals surface area contributed by atoms with E-state index in [-0.39, 0.29) is 0 Å². The summed E-state index contributed by atoms with van der Waals surface area (Å²) in [5.41, 5.74) is 1.37. The van der Waals surface area contributed by atoms with Gasteiger partial charge >= 0.3 is 0 Å². The molecule has 1 fully saturated rings. The van der Waals surface area contributed by atoms with E-state index in [1.807, 2.05) is 0 Å². The molecule has 0 nitrogen and oxygen atoms in total. The highest BCUT2D eigenvalue weighted by Crippen LogP contribution is 2.43. The van der Waals surface area contributed by atoms with E-state index in [2.05, 4.69) is 29.4 Å². The van der Waals surface area contributed by atoms with Crippen molar-refractivity contribution in [2.45, 2.75) is 13.3 Å². The third-order valence-electron chi connectivity index (χ3n) is 1.81. The van der Waals surface area contributed by atoms with Crippen molar-refractivity contribution in [1.82, 2.24) is 0 Å². The number of allylic oxidation sites excluding steroid dienone is 1. The number of hydrogen-bond donors (Lipinski definition) is 0. The van der Waals surface area contributed by atoms with Gasteiger partial charge in [0.25, 0.3) is 0 Å². The highest BCUT2D eigenvalue weighted by atomic mass is 79.9. The van der Waals surface area contributed by atoms with Gasteiger partial charge in [-0.25, -0.2) is 0 Å². The van der Waals surface area contributed by atoms with Crippen LogP contribution in [0.15, 0.2) is 12.2 Å². The van der Waals surface area contributed by atoms with Crippen LogP contribution in [0.5, 0.6) is 0 Å².